The molecule has 3 rings (SSSR count). The topological polar surface area (TPSA) is 63.2 Å². The Morgan fingerprint density at radius 2 is 2.16 bits per heavy atom. The summed E-state index contributed by atoms with van der Waals surface area (Å²) in [4.78, 5) is 16.3. The fraction of sp³-hybridized carbons (Fsp3) is 0.368. The first kappa shape index (κ1) is 17.4. The van der Waals surface area contributed by atoms with Gasteiger partial charge in [0.1, 0.15) is 11.5 Å². The van der Waals surface area contributed by atoms with E-state index in [9.17, 15) is 9.18 Å². The summed E-state index contributed by atoms with van der Waals surface area (Å²) in [5.74, 6) is -0.515. The molecule has 0 radical (unpaired) electrons. The van der Waals surface area contributed by atoms with Crippen LogP contribution in [-0.2, 0) is 11.2 Å². The Kier molecular flexibility index (Phi) is 5.95. The van der Waals surface area contributed by atoms with Crippen LogP contribution >= 0.6 is 0 Å². The van der Waals surface area contributed by atoms with Gasteiger partial charge in [0.25, 0.3) is 5.91 Å². The molecule has 0 bridgehead atoms. The van der Waals surface area contributed by atoms with Crippen molar-refractivity contribution in [3.63, 3.8) is 0 Å². The molecule has 1 saturated heterocycles. The van der Waals surface area contributed by atoms with Crippen molar-refractivity contribution in [2.45, 2.75) is 25.4 Å². The van der Waals surface area contributed by atoms with E-state index < -0.39 is 0 Å². The van der Waals surface area contributed by atoms with Crippen molar-refractivity contribution in [2.24, 2.45) is 0 Å². The van der Waals surface area contributed by atoms with Crippen LogP contribution in [0.2, 0.25) is 0 Å². The van der Waals surface area contributed by atoms with E-state index in [-0.39, 0.29) is 17.8 Å². The normalized spacial score (nSPS) is 16.6. The van der Waals surface area contributed by atoms with E-state index in [0.717, 1.165) is 31.7 Å². The highest BCUT2D eigenvalue weighted by Crippen LogP contribution is 2.13. The van der Waals surface area contributed by atoms with Crippen molar-refractivity contribution >= 4 is 11.6 Å². The van der Waals surface area contributed by atoms with Gasteiger partial charge in [0.2, 0.25) is 0 Å². The highest BCUT2D eigenvalue weighted by atomic mass is 19.1. The van der Waals surface area contributed by atoms with Crippen LogP contribution < -0.4 is 10.6 Å². The molecule has 1 unspecified atom stereocenters. The third kappa shape index (κ3) is 5.00. The summed E-state index contributed by atoms with van der Waals surface area (Å²) in [7, 11) is 0. The number of anilines is 1. The monoisotopic (exact) mass is 343 g/mol. The standard InChI is InChI=1S/C19H22FN3O2/c20-17-6-2-1-4-14(17)9-10-21-19(24)18-8-7-15(12-23-18)22-13-16-5-3-11-25-16/h1-2,4,6-8,12,16,22H,3,5,9-11,13H2,(H,21,24). The molecule has 1 amide bonds. The summed E-state index contributed by atoms with van der Waals surface area (Å²) >= 11 is 0. The third-order valence-electron chi connectivity index (χ3n) is 4.19. The smallest absolute Gasteiger partial charge is 0.269 e. The second-order valence-electron chi connectivity index (χ2n) is 6.05. The number of aromatic nitrogens is 1. The second-order valence-corrected chi connectivity index (χ2v) is 6.05. The number of hydrogen-bond acceptors (Lipinski definition) is 4. The number of halogens is 1. The number of carbonyl (C=O) groups is 1. The first-order valence-corrected chi connectivity index (χ1v) is 8.55. The Morgan fingerprint density at radius 3 is 2.88 bits per heavy atom. The fourth-order valence-corrected chi connectivity index (χ4v) is 2.77. The molecule has 1 fully saturated rings. The van der Waals surface area contributed by atoms with Crippen molar-refractivity contribution in [3.8, 4) is 0 Å². The lowest BCUT2D eigenvalue weighted by molar-refractivity contribution is 0.0949. The van der Waals surface area contributed by atoms with Gasteiger partial charge >= 0.3 is 0 Å². The number of nitrogens with one attached hydrogen (secondary N) is 2. The number of hydrogen-bond donors (Lipinski definition) is 2. The Morgan fingerprint density at radius 1 is 1.28 bits per heavy atom. The van der Waals surface area contributed by atoms with E-state index in [1.807, 2.05) is 6.07 Å². The number of carbonyl (C=O) groups excluding carboxylic acids is 1. The van der Waals surface area contributed by atoms with Crippen molar-refractivity contribution < 1.29 is 13.9 Å². The molecule has 132 valence electrons. The van der Waals surface area contributed by atoms with Gasteiger partial charge in [-0.1, -0.05) is 18.2 Å². The lowest BCUT2D eigenvalue weighted by Crippen LogP contribution is -2.26. The molecule has 1 atom stereocenters. The van der Waals surface area contributed by atoms with Crippen LogP contribution in [0, 0.1) is 5.82 Å². The van der Waals surface area contributed by atoms with E-state index in [1.165, 1.54) is 6.07 Å². The van der Waals surface area contributed by atoms with E-state index in [4.69, 9.17) is 4.74 Å². The molecule has 2 N–H and O–H groups in total. The second kappa shape index (κ2) is 8.58. The number of nitrogens with zero attached hydrogens (tertiary/aromatic N) is 1. The van der Waals surface area contributed by atoms with E-state index in [2.05, 4.69) is 15.6 Å². The van der Waals surface area contributed by atoms with Gasteiger partial charge in [-0.3, -0.25) is 4.79 Å². The van der Waals surface area contributed by atoms with Gasteiger partial charge < -0.3 is 15.4 Å². The molecule has 2 heterocycles. The molecule has 2 aromatic rings. The number of benzene rings is 1. The Bertz CT molecular complexity index is 700. The lowest BCUT2D eigenvalue weighted by Gasteiger charge is -2.12. The van der Waals surface area contributed by atoms with Gasteiger partial charge in [0, 0.05) is 19.7 Å². The van der Waals surface area contributed by atoms with Crippen LogP contribution in [0.25, 0.3) is 0 Å². The highest BCUT2D eigenvalue weighted by Gasteiger charge is 2.15. The van der Waals surface area contributed by atoms with Gasteiger partial charge in [-0.2, -0.15) is 0 Å². The molecule has 1 aliphatic heterocycles. The molecular weight excluding hydrogens is 321 g/mol. The zero-order chi connectivity index (χ0) is 17.5. The number of rotatable bonds is 7. The molecule has 25 heavy (non-hydrogen) atoms. The van der Waals surface area contributed by atoms with Gasteiger partial charge in [0.05, 0.1) is 18.0 Å². The van der Waals surface area contributed by atoms with E-state index in [1.54, 1.807) is 30.5 Å². The van der Waals surface area contributed by atoms with Crippen molar-refractivity contribution in [1.29, 1.82) is 0 Å². The molecule has 0 saturated carbocycles. The van der Waals surface area contributed by atoms with Gasteiger partial charge in [-0.15, -0.1) is 0 Å². The molecule has 0 spiro atoms. The summed E-state index contributed by atoms with van der Waals surface area (Å²) in [6.45, 7) is 1.94. The minimum absolute atomic E-state index is 0.251. The van der Waals surface area contributed by atoms with Crippen molar-refractivity contribution in [1.82, 2.24) is 10.3 Å². The summed E-state index contributed by atoms with van der Waals surface area (Å²) < 4.78 is 19.1. The van der Waals surface area contributed by atoms with Crippen LogP contribution in [0.1, 0.15) is 28.9 Å². The van der Waals surface area contributed by atoms with Crippen LogP contribution in [0.4, 0.5) is 10.1 Å². The number of ether oxygens (including phenoxy) is 1. The van der Waals surface area contributed by atoms with Gasteiger partial charge in [0.15, 0.2) is 0 Å². The number of pyridine rings is 1. The van der Waals surface area contributed by atoms with E-state index in [0.29, 0.717) is 24.2 Å². The zero-order valence-corrected chi connectivity index (χ0v) is 14.0. The Hall–Kier alpha value is -2.47. The maximum atomic E-state index is 13.5. The molecule has 5 nitrogen and oxygen atoms in total. The number of amides is 1. The third-order valence-corrected chi connectivity index (χ3v) is 4.19. The van der Waals surface area contributed by atoms with Gasteiger partial charge in [-0.05, 0) is 43.0 Å². The molecule has 6 heteroatoms. The molecule has 0 aliphatic carbocycles. The lowest BCUT2D eigenvalue weighted by atomic mass is 10.1. The highest BCUT2D eigenvalue weighted by molar-refractivity contribution is 5.92. The van der Waals surface area contributed by atoms with Crippen LogP contribution in [-0.4, -0.2) is 36.7 Å². The maximum absolute atomic E-state index is 13.5. The minimum Gasteiger partial charge on any atom is -0.381 e. The van der Waals surface area contributed by atoms with Gasteiger partial charge in [-0.25, -0.2) is 9.37 Å². The largest absolute Gasteiger partial charge is 0.381 e. The summed E-state index contributed by atoms with van der Waals surface area (Å²) in [5, 5.41) is 6.03. The molecular formula is C19H22FN3O2. The van der Waals surface area contributed by atoms with Crippen molar-refractivity contribution in [2.75, 3.05) is 25.0 Å². The summed E-state index contributed by atoms with van der Waals surface area (Å²) in [6, 6.07) is 10.1. The SMILES string of the molecule is O=C(NCCc1ccccc1F)c1ccc(NCC2CCCO2)cn1. The van der Waals surface area contributed by atoms with Crippen molar-refractivity contribution in [3.05, 3.63) is 59.7 Å². The Balaban J connectivity index is 1.44. The fourth-order valence-electron chi connectivity index (χ4n) is 2.77. The predicted molar refractivity (Wildman–Crippen MR) is 94.1 cm³/mol. The molecule has 1 aliphatic rings. The minimum atomic E-state index is -0.262. The van der Waals surface area contributed by atoms with Crippen LogP contribution in [0.3, 0.4) is 0 Å². The quantitative estimate of drug-likeness (QED) is 0.811. The average molecular weight is 343 g/mol. The average Bonchev–Trinajstić information content (AvgIpc) is 3.15. The maximum Gasteiger partial charge on any atom is 0.269 e. The predicted octanol–water partition coefficient (Wildman–Crippen LogP) is 2.78. The first-order valence-electron chi connectivity index (χ1n) is 8.55. The molecule has 1 aromatic heterocycles. The summed E-state index contributed by atoms with van der Waals surface area (Å²) in [5.41, 5.74) is 1.79. The van der Waals surface area contributed by atoms with Crippen LogP contribution in [0.15, 0.2) is 42.6 Å². The van der Waals surface area contributed by atoms with Crippen LogP contribution in [0.5, 0.6) is 0 Å². The zero-order valence-electron chi connectivity index (χ0n) is 14.0. The first-order chi connectivity index (χ1) is 12.2. The Labute approximate surface area is 146 Å². The van der Waals surface area contributed by atoms with E-state index >= 15 is 0 Å². The summed E-state index contributed by atoms with van der Waals surface area (Å²) in [6.07, 6.45) is 4.51. The molecule has 1 aromatic carbocycles.